The quantitative estimate of drug-likeness (QED) is 0.837. The van der Waals surface area contributed by atoms with Gasteiger partial charge in [0, 0.05) is 32.6 Å². The smallest absolute Gasteiger partial charge is 0.223 e. The van der Waals surface area contributed by atoms with Crippen LogP contribution in [0.25, 0.3) is 0 Å². The fraction of sp³-hybridized carbons (Fsp3) is 0.588. The van der Waals surface area contributed by atoms with E-state index in [1.165, 1.54) is 36.0 Å². The molecule has 20 heavy (non-hydrogen) atoms. The lowest BCUT2D eigenvalue weighted by atomic mass is 10.1. The van der Waals surface area contributed by atoms with Gasteiger partial charge in [-0.2, -0.15) is 0 Å². The van der Waals surface area contributed by atoms with Crippen molar-refractivity contribution in [3.05, 3.63) is 34.9 Å². The van der Waals surface area contributed by atoms with Crippen LogP contribution >= 0.6 is 0 Å². The Hall–Kier alpha value is -1.35. The van der Waals surface area contributed by atoms with E-state index < -0.39 is 0 Å². The first-order valence-corrected chi connectivity index (χ1v) is 7.71. The Balaban J connectivity index is 1.69. The van der Waals surface area contributed by atoms with Crippen LogP contribution in [0.3, 0.4) is 0 Å². The third kappa shape index (κ3) is 4.64. The second-order valence-corrected chi connectivity index (χ2v) is 5.86. The van der Waals surface area contributed by atoms with Gasteiger partial charge in [0.2, 0.25) is 5.91 Å². The van der Waals surface area contributed by atoms with Crippen molar-refractivity contribution in [2.45, 2.75) is 46.1 Å². The topological polar surface area (TPSA) is 32.3 Å². The monoisotopic (exact) mass is 274 g/mol. The van der Waals surface area contributed by atoms with E-state index in [1.807, 2.05) is 4.90 Å². The molecule has 0 bridgehead atoms. The highest BCUT2D eigenvalue weighted by Crippen LogP contribution is 2.10. The molecule has 0 unspecified atom stereocenters. The Morgan fingerprint density at radius 1 is 1.10 bits per heavy atom. The highest BCUT2D eigenvalue weighted by atomic mass is 16.2. The molecule has 0 aliphatic carbocycles. The molecule has 0 radical (unpaired) electrons. The lowest BCUT2D eigenvalue weighted by Crippen LogP contribution is -2.37. The van der Waals surface area contributed by atoms with Gasteiger partial charge in [-0.15, -0.1) is 0 Å². The standard InChI is InChI=1S/C17H26N2O/c1-14-10-15(2)12-16(11-14)13-18-7-6-17(20)19-8-4-3-5-9-19/h10-12,18H,3-9,13H2,1-2H3. The SMILES string of the molecule is Cc1cc(C)cc(CNCCC(=O)N2CCCCC2)c1. The van der Waals surface area contributed by atoms with Crippen molar-refractivity contribution < 1.29 is 4.79 Å². The number of piperidine rings is 1. The first-order valence-electron chi connectivity index (χ1n) is 7.71. The van der Waals surface area contributed by atoms with Crippen molar-refractivity contribution >= 4 is 5.91 Å². The molecule has 1 aromatic rings. The predicted molar refractivity (Wildman–Crippen MR) is 82.7 cm³/mol. The first-order chi connectivity index (χ1) is 9.65. The third-order valence-corrected chi connectivity index (χ3v) is 3.84. The Labute approximate surface area is 122 Å². The molecule has 0 atom stereocenters. The number of amides is 1. The number of nitrogens with zero attached hydrogens (tertiary/aromatic N) is 1. The molecular weight excluding hydrogens is 248 g/mol. The fourth-order valence-electron chi connectivity index (χ4n) is 2.90. The number of rotatable bonds is 5. The molecule has 1 fully saturated rings. The summed E-state index contributed by atoms with van der Waals surface area (Å²) in [5.41, 5.74) is 3.89. The van der Waals surface area contributed by atoms with Crippen molar-refractivity contribution in [1.82, 2.24) is 10.2 Å². The van der Waals surface area contributed by atoms with Gasteiger partial charge in [-0.1, -0.05) is 29.3 Å². The van der Waals surface area contributed by atoms with Crippen molar-refractivity contribution in [1.29, 1.82) is 0 Å². The van der Waals surface area contributed by atoms with Crippen LogP contribution in [-0.2, 0) is 11.3 Å². The molecule has 3 nitrogen and oxygen atoms in total. The maximum Gasteiger partial charge on any atom is 0.223 e. The van der Waals surface area contributed by atoms with E-state index in [0.29, 0.717) is 12.3 Å². The van der Waals surface area contributed by atoms with Crippen molar-refractivity contribution in [2.75, 3.05) is 19.6 Å². The summed E-state index contributed by atoms with van der Waals surface area (Å²) in [6.07, 6.45) is 4.23. The molecule has 110 valence electrons. The van der Waals surface area contributed by atoms with Gasteiger partial charge in [-0.3, -0.25) is 4.79 Å². The van der Waals surface area contributed by atoms with Gasteiger partial charge < -0.3 is 10.2 Å². The van der Waals surface area contributed by atoms with Crippen LogP contribution in [-0.4, -0.2) is 30.4 Å². The largest absolute Gasteiger partial charge is 0.343 e. The van der Waals surface area contributed by atoms with Crippen LogP contribution in [0.5, 0.6) is 0 Å². The van der Waals surface area contributed by atoms with E-state index in [4.69, 9.17) is 0 Å². The van der Waals surface area contributed by atoms with Crippen LogP contribution in [0.15, 0.2) is 18.2 Å². The van der Waals surface area contributed by atoms with Crippen LogP contribution in [0.4, 0.5) is 0 Å². The van der Waals surface area contributed by atoms with Gasteiger partial charge in [0.25, 0.3) is 0 Å². The second-order valence-electron chi connectivity index (χ2n) is 5.86. The molecular formula is C17H26N2O. The molecule has 0 saturated carbocycles. The highest BCUT2D eigenvalue weighted by molar-refractivity contribution is 5.76. The lowest BCUT2D eigenvalue weighted by molar-refractivity contribution is -0.131. The molecule has 1 saturated heterocycles. The summed E-state index contributed by atoms with van der Waals surface area (Å²) < 4.78 is 0. The minimum atomic E-state index is 0.303. The molecule has 0 aromatic heterocycles. The predicted octanol–water partition coefficient (Wildman–Crippen LogP) is 2.80. The molecule has 1 N–H and O–H groups in total. The number of carbonyl (C=O) groups excluding carboxylic acids is 1. The van der Waals surface area contributed by atoms with E-state index >= 15 is 0 Å². The van der Waals surface area contributed by atoms with E-state index in [9.17, 15) is 4.79 Å². The zero-order valence-electron chi connectivity index (χ0n) is 12.7. The molecule has 1 aromatic carbocycles. The maximum absolute atomic E-state index is 12.0. The summed E-state index contributed by atoms with van der Waals surface area (Å²) in [6, 6.07) is 6.59. The molecule has 0 spiro atoms. The van der Waals surface area contributed by atoms with Gasteiger partial charge >= 0.3 is 0 Å². The number of aryl methyl sites for hydroxylation is 2. The Morgan fingerprint density at radius 3 is 2.40 bits per heavy atom. The summed E-state index contributed by atoms with van der Waals surface area (Å²) in [5, 5.41) is 3.38. The Bertz CT molecular complexity index is 430. The summed E-state index contributed by atoms with van der Waals surface area (Å²) in [4.78, 5) is 14.0. The van der Waals surface area contributed by atoms with E-state index in [1.54, 1.807) is 0 Å². The van der Waals surface area contributed by atoms with Crippen molar-refractivity contribution in [3.8, 4) is 0 Å². The van der Waals surface area contributed by atoms with E-state index in [-0.39, 0.29) is 0 Å². The number of likely N-dealkylation sites (tertiary alicyclic amines) is 1. The molecule has 1 heterocycles. The van der Waals surface area contributed by atoms with Gasteiger partial charge in [-0.25, -0.2) is 0 Å². The van der Waals surface area contributed by atoms with Crippen LogP contribution in [0, 0.1) is 13.8 Å². The summed E-state index contributed by atoms with van der Waals surface area (Å²) in [5.74, 6) is 0.303. The van der Waals surface area contributed by atoms with E-state index in [0.717, 1.165) is 26.2 Å². The van der Waals surface area contributed by atoms with Gasteiger partial charge in [0.1, 0.15) is 0 Å². The second kappa shape index (κ2) is 7.44. The Morgan fingerprint density at radius 2 is 1.75 bits per heavy atom. The van der Waals surface area contributed by atoms with Crippen molar-refractivity contribution in [3.63, 3.8) is 0 Å². The average molecular weight is 274 g/mol. The minimum absolute atomic E-state index is 0.303. The number of hydrogen-bond donors (Lipinski definition) is 1. The number of hydrogen-bond acceptors (Lipinski definition) is 2. The maximum atomic E-state index is 12.0. The molecule has 1 amide bonds. The van der Waals surface area contributed by atoms with E-state index in [2.05, 4.69) is 37.4 Å². The molecule has 3 heteroatoms. The summed E-state index contributed by atoms with van der Waals surface area (Å²) >= 11 is 0. The van der Waals surface area contributed by atoms with Gasteiger partial charge in [-0.05, 0) is 38.7 Å². The number of nitrogens with one attached hydrogen (secondary N) is 1. The number of benzene rings is 1. The molecule has 1 aliphatic heterocycles. The molecule has 1 aliphatic rings. The summed E-state index contributed by atoms with van der Waals surface area (Å²) in [6.45, 7) is 7.76. The lowest BCUT2D eigenvalue weighted by Gasteiger charge is -2.26. The van der Waals surface area contributed by atoms with Crippen LogP contribution in [0.2, 0.25) is 0 Å². The van der Waals surface area contributed by atoms with Crippen LogP contribution < -0.4 is 5.32 Å². The zero-order valence-corrected chi connectivity index (χ0v) is 12.7. The fourth-order valence-corrected chi connectivity index (χ4v) is 2.90. The van der Waals surface area contributed by atoms with Crippen molar-refractivity contribution in [2.24, 2.45) is 0 Å². The highest BCUT2D eigenvalue weighted by Gasteiger charge is 2.15. The Kier molecular flexibility index (Phi) is 5.60. The summed E-state index contributed by atoms with van der Waals surface area (Å²) in [7, 11) is 0. The minimum Gasteiger partial charge on any atom is -0.343 e. The third-order valence-electron chi connectivity index (χ3n) is 3.84. The van der Waals surface area contributed by atoms with Gasteiger partial charge in [0.05, 0.1) is 0 Å². The van der Waals surface area contributed by atoms with Crippen LogP contribution in [0.1, 0.15) is 42.4 Å². The van der Waals surface area contributed by atoms with Gasteiger partial charge in [0.15, 0.2) is 0 Å². The normalized spacial score (nSPS) is 15.4. The first kappa shape index (κ1) is 15.0. The number of carbonyl (C=O) groups is 1. The molecule has 2 rings (SSSR count). The average Bonchev–Trinajstić information content (AvgIpc) is 2.43. The zero-order chi connectivity index (χ0) is 14.4.